The van der Waals surface area contributed by atoms with E-state index in [0.29, 0.717) is 12.8 Å². The van der Waals surface area contributed by atoms with E-state index in [1.807, 2.05) is 0 Å². The van der Waals surface area contributed by atoms with Gasteiger partial charge in [-0.25, -0.2) is 0 Å². The van der Waals surface area contributed by atoms with E-state index in [9.17, 15) is 25.2 Å². The number of carbonyl (C=O) groups excluding carboxylic acids is 1. The van der Waals surface area contributed by atoms with Crippen molar-refractivity contribution in [3.63, 3.8) is 0 Å². The molecule has 0 aromatic rings. The van der Waals surface area contributed by atoms with Crippen LogP contribution in [0.25, 0.3) is 0 Å². The van der Waals surface area contributed by atoms with Crippen molar-refractivity contribution in [1.29, 1.82) is 0 Å². The largest absolute Gasteiger partial charge is 0.394 e. The fourth-order valence-corrected chi connectivity index (χ4v) is 8.34. The molecule has 0 radical (unpaired) electrons. The van der Waals surface area contributed by atoms with Crippen LogP contribution in [0.5, 0.6) is 0 Å². The van der Waals surface area contributed by atoms with Crippen LogP contribution in [0.1, 0.15) is 284 Å². The second-order valence-corrected chi connectivity index (χ2v) is 18.2. The molecular weight excluding hydrogens is 719 g/mol. The van der Waals surface area contributed by atoms with E-state index in [0.717, 1.165) is 44.9 Å². The summed E-state index contributed by atoms with van der Waals surface area (Å²) in [6.45, 7) is 4.07. The van der Waals surface area contributed by atoms with Crippen LogP contribution in [-0.2, 0) is 4.79 Å². The second kappa shape index (κ2) is 47.1. The number of carbonyl (C=O) groups is 1. The quantitative estimate of drug-likeness (QED) is 0.0310. The standard InChI is InChI=1S/C52H103NO5/c1-3-5-7-9-11-13-15-17-19-21-22-23-24-25-26-27-28-29-30-32-33-35-37-39-41-43-45-49(55)51(57)48(47-54)53-52(58)50(56)46-44-42-40-38-36-34-31-20-18-16-14-12-10-8-6-4-2/h18,20,48-51,54-57H,3-17,19,21-47H2,1-2H3,(H,53,58)/b20-18-. The van der Waals surface area contributed by atoms with Crippen LogP contribution >= 0.6 is 0 Å². The molecule has 0 spiro atoms. The number of unbranched alkanes of at least 4 members (excludes halogenated alkanes) is 37. The highest BCUT2D eigenvalue weighted by Crippen LogP contribution is 2.18. The topological polar surface area (TPSA) is 110 Å². The first-order chi connectivity index (χ1) is 28.5. The Morgan fingerprint density at radius 1 is 0.414 bits per heavy atom. The Bertz CT molecular complexity index is 837. The van der Waals surface area contributed by atoms with Gasteiger partial charge in [-0.15, -0.1) is 0 Å². The normalized spacial score (nSPS) is 14.0. The van der Waals surface area contributed by atoms with Crippen molar-refractivity contribution in [3.05, 3.63) is 12.2 Å². The highest BCUT2D eigenvalue weighted by atomic mass is 16.3. The Morgan fingerprint density at radius 2 is 0.690 bits per heavy atom. The molecule has 5 N–H and O–H groups in total. The third-order valence-corrected chi connectivity index (χ3v) is 12.5. The molecule has 0 aromatic carbocycles. The SMILES string of the molecule is CCCCCCCC/C=C\CCCCCCCCC(O)C(=O)NC(CO)C(O)C(O)CCCCCCCCCCCCCCCCCCCCCCCCCCCC. The predicted octanol–water partition coefficient (Wildman–Crippen LogP) is 14.5. The maximum atomic E-state index is 12.5. The molecule has 0 aromatic heterocycles. The Labute approximate surface area is 362 Å². The summed E-state index contributed by atoms with van der Waals surface area (Å²) in [6, 6.07) is -0.985. The summed E-state index contributed by atoms with van der Waals surface area (Å²) < 4.78 is 0. The number of hydrogen-bond donors (Lipinski definition) is 5. The van der Waals surface area contributed by atoms with Crippen molar-refractivity contribution < 1.29 is 25.2 Å². The van der Waals surface area contributed by atoms with Crippen LogP contribution in [-0.4, -0.2) is 57.3 Å². The first kappa shape index (κ1) is 57.1. The number of aliphatic hydroxyl groups is 4. The van der Waals surface area contributed by atoms with Gasteiger partial charge in [-0.05, 0) is 38.5 Å². The molecule has 6 heteroatoms. The van der Waals surface area contributed by atoms with Gasteiger partial charge in [-0.1, -0.05) is 257 Å². The van der Waals surface area contributed by atoms with Gasteiger partial charge in [0.25, 0.3) is 0 Å². The maximum absolute atomic E-state index is 12.5. The van der Waals surface area contributed by atoms with Crippen LogP contribution < -0.4 is 5.32 Å². The van der Waals surface area contributed by atoms with Gasteiger partial charge in [0.15, 0.2) is 0 Å². The Morgan fingerprint density at radius 3 is 1.00 bits per heavy atom. The Hall–Kier alpha value is -0.950. The fourth-order valence-electron chi connectivity index (χ4n) is 8.34. The van der Waals surface area contributed by atoms with Gasteiger partial charge < -0.3 is 25.7 Å². The summed E-state index contributed by atoms with van der Waals surface area (Å²) in [4.78, 5) is 12.5. The first-order valence-electron chi connectivity index (χ1n) is 26.1. The summed E-state index contributed by atoms with van der Waals surface area (Å²) in [5, 5.41) is 43.9. The van der Waals surface area contributed by atoms with Crippen molar-refractivity contribution in [1.82, 2.24) is 5.32 Å². The molecule has 58 heavy (non-hydrogen) atoms. The lowest BCUT2D eigenvalue weighted by Crippen LogP contribution is -2.53. The van der Waals surface area contributed by atoms with Gasteiger partial charge in [0.1, 0.15) is 12.2 Å². The van der Waals surface area contributed by atoms with E-state index in [-0.39, 0.29) is 0 Å². The van der Waals surface area contributed by atoms with Crippen molar-refractivity contribution in [2.75, 3.05) is 6.61 Å². The average Bonchev–Trinajstić information content (AvgIpc) is 3.23. The molecule has 0 saturated heterocycles. The first-order valence-corrected chi connectivity index (χ1v) is 26.1. The van der Waals surface area contributed by atoms with Crippen molar-refractivity contribution in [2.24, 2.45) is 0 Å². The minimum atomic E-state index is -1.26. The molecule has 0 saturated carbocycles. The molecule has 0 heterocycles. The number of amides is 1. The number of hydrogen-bond acceptors (Lipinski definition) is 5. The molecule has 0 aliphatic heterocycles. The molecule has 1 amide bonds. The van der Waals surface area contributed by atoms with E-state index in [2.05, 4.69) is 31.3 Å². The van der Waals surface area contributed by atoms with E-state index >= 15 is 0 Å². The van der Waals surface area contributed by atoms with Crippen molar-refractivity contribution in [2.45, 2.75) is 308 Å². The van der Waals surface area contributed by atoms with Gasteiger partial charge in [0.05, 0.1) is 18.8 Å². The van der Waals surface area contributed by atoms with E-state index in [1.165, 1.54) is 212 Å². The summed E-state index contributed by atoms with van der Waals surface area (Å²) in [5.74, 6) is -0.585. The fraction of sp³-hybridized carbons (Fsp3) is 0.942. The van der Waals surface area contributed by atoms with Gasteiger partial charge in [0.2, 0.25) is 5.91 Å². The van der Waals surface area contributed by atoms with Gasteiger partial charge >= 0.3 is 0 Å². The highest BCUT2D eigenvalue weighted by Gasteiger charge is 2.28. The van der Waals surface area contributed by atoms with Crippen LogP contribution in [0.2, 0.25) is 0 Å². The molecule has 4 atom stereocenters. The summed E-state index contributed by atoms with van der Waals surface area (Å²) in [5.41, 5.74) is 0. The lowest BCUT2D eigenvalue weighted by Gasteiger charge is -2.27. The van der Waals surface area contributed by atoms with Gasteiger partial charge in [-0.2, -0.15) is 0 Å². The maximum Gasteiger partial charge on any atom is 0.249 e. The van der Waals surface area contributed by atoms with Crippen molar-refractivity contribution >= 4 is 5.91 Å². The summed E-state index contributed by atoms with van der Waals surface area (Å²) in [7, 11) is 0. The molecule has 0 aliphatic carbocycles. The molecule has 0 aliphatic rings. The van der Waals surface area contributed by atoms with E-state index in [1.54, 1.807) is 0 Å². The number of aliphatic hydroxyl groups excluding tert-OH is 4. The third kappa shape index (κ3) is 40.5. The van der Waals surface area contributed by atoms with Gasteiger partial charge in [0, 0.05) is 0 Å². The van der Waals surface area contributed by atoms with Crippen LogP contribution in [0, 0.1) is 0 Å². The summed E-state index contributed by atoms with van der Waals surface area (Å²) in [6.07, 6.45) is 54.1. The van der Waals surface area contributed by atoms with Crippen LogP contribution in [0.15, 0.2) is 12.2 Å². The van der Waals surface area contributed by atoms with Crippen molar-refractivity contribution in [3.8, 4) is 0 Å². The number of allylic oxidation sites excluding steroid dienone is 2. The lowest BCUT2D eigenvalue weighted by atomic mass is 9.99. The monoisotopic (exact) mass is 822 g/mol. The minimum absolute atomic E-state index is 0.364. The molecule has 0 bridgehead atoms. The molecule has 0 fully saturated rings. The summed E-state index contributed by atoms with van der Waals surface area (Å²) >= 11 is 0. The highest BCUT2D eigenvalue weighted by molar-refractivity contribution is 5.80. The molecule has 4 unspecified atom stereocenters. The molecular formula is C52H103NO5. The van der Waals surface area contributed by atoms with Crippen LogP contribution in [0.3, 0.4) is 0 Å². The predicted molar refractivity (Wildman–Crippen MR) is 251 cm³/mol. The number of rotatable bonds is 48. The molecule has 6 nitrogen and oxygen atoms in total. The third-order valence-electron chi connectivity index (χ3n) is 12.5. The van der Waals surface area contributed by atoms with Crippen LogP contribution in [0.4, 0.5) is 0 Å². The lowest BCUT2D eigenvalue weighted by molar-refractivity contribution is -0.132. The zero-order valence-corrected chi connectivity index (χ0v) is 39.1. The Balaban J connectivity index is 3.61. The average molecular weight is 822 g/mol. The number of nitrogens with one attached hydrogen (secondary N) is 1. The second-order valence-electron chi connectivity index (χ2n) is 18.2. The van der Waals surface area contributed by atoms with E-state index in [4.69, 9.17) is 0 Å². The molecule has 346 valence electrons. The van der Waals surface area contributed by atoms with E-state index < -0.39 is 36.9 Å². The van der Waals surface area contributed by atoms with Gasteiger partial charge in [-0.3, -0.25) is 4.79 Å². The Kier molecular flexibility index (Phi) is 46.3. The smallest absolute Gasteiger partial charge is 0.249 e. The zero-order valence-electron chi connectivity index (χ0n) is 39.1. The minimum Gasteiger partial charge on any atom is -0.394 e. The zero-order chi connectivity index (χ0) is 42.4. The molecule has 0 rings (SSSR count).